The summed E-state index contributed by atoms with van der Waals surface area (Å²) in [4.78, 5) is 0. The number of hydrogen-bond acceptors (Lipinski definition) is 2. The summed E-state index contributed by atoms with van der Waals surface area (Å²) in [5, 5.41) is 3.84. The van der Waals surface area contributed by atoms with Crippen LogP contribution in [0.2, 0.25) is 0 Å². The van der Waals surface area contributed by atoms with Gasteiger partial charge >= 0.3 is 0 Å². The molecule has 0 aromatic carbocycles. The van der Waals surface area contributed by atoms with Crippen molar-refractivity contribution in [2.24, 2.45) is 11.3 Å². The lowest BCUT2D eigenvalue weighted by atomic mass is 9.46. The first kappa shape index (κ1) is 11.0. The van der Waals surface area contributed by atoms with Gasteiger partial charge in [0.1, 0.15) is 0 Å². The van der Waals surface area contributed by atoms with E-state index in [1.165, 1.54) is 51.5 Å². The summed E-state index contributed by atoms with van der Waals surface area (Å²) < 4.78 is 5.93. The Hall–Kier alpha value is -0.0800. The molecule has 3 unspecified atom stereocenters. The molecule has 16 heavy (non-hydrogen) atoms. The van der Waals surface area contributed by atoms with E-state index in [9.17, 15) is 0 Å². The van der Waals surface area contributed by atoms with Crippen molar-refractivity contribution in [1.29, 1.82) is 0 Å². The molecule has 0 amide bonds. The number of fused-ring (bicyclic) bond motifs is 2. The van der Waals surface area contributed by atoms with Crippen molar-refractivity contribution < 1.29 is 4.74 Å². The molecule has 3 rings (SSSR count). The average molecular weight is 223 g/mol. The molecule has 0 aromatic rings. The van der Waals surface area contributed by atoms with Crippen LogP contribution in [0.3, 0.4) is 0 Å². The molecule has 2 aliphatic carbocycles. The third-order valence-corrected chi connectivity index (χ3v) is 5.18. The van der Waals surface area contributed by atoms with Gasteiger partial charge in [-0.3, -0.25) is 0 Å². The highest BCUT2D eigenvalue weighted by Gasteiger charge is 2.66. The van der Waals surface area contributed by atoms with Gasteiger partial charge in [0.25, 0.3) is 0 Å². The highest BCUT2D eigenvalue weighted by atomic mass is 16.5. The quantitative estimate of drug-likeness (QED) is 0.724. The molecule has 1 heterocycles. The molecule has 2 heteroatoms. The summed E-state index contributed by atoms with van der Waals surface area (Å²) in [5.74, 6) is 0.849. The lowest BCUT2D eigenvalue weighted by Gasteiger charge is -2.63. The van der Waals surface area contributed by atoms with Gasteiger partial charge < -0.3 is 10.1 Å². The largest absolute Gasteiger partial charge is 0.377 e. The van der Waals surface area contributed by atoms with Crippen LogP contribution in [-0.4, -0.2) is 25.3 Å². The van der Waals surface area contributed by atoms with Crippen molar-refractivity contribution in [2.45, 2.75) is 64.0 Å². The fourth-order valence-corrected chi connectivity index (χ4v) is 4.19. The van der Waals surface area contributed by atoms with Crippen molar-refractivity contribution in [1.82, 2.24) is 5.32 Å². The summed E-state index contributed by atoms with van der Waals surface area (Å²) in [6, 6.07) is 0.797. The third-order valence-electron chi connectivity index (χ3n) is 5.18. The van der Waals surface area contributed by atoms with Crippen molar-refractivity contribution >= 4 is 0 Å². The van der Waals surface area contributed by atoms with Gasteiger partial charge in [-0.1, -0.05) is 26.2 Å². The number of rotatable bonds is 5. The Morgan fingerprint density at radius 1 is 1.31 bits per heavy atom. The molecule has 1 aliphatic heterocycles. The fraction of sp³-hybridized carbons (Fsp3) is 1.00. The number of nitrogens with one attached hydrogen (secondary N) is 1. The predicted molar refractivity (Wildman–Crippen MR) is 65.4 cm³/mol. The number of hydrogen-bond donors (Lipinski definition) is 1. The molecule has 0 aromatic heterocycles. The topological polar surface area (TPSA) is 21.3 Å². The minimum absolute atomic E-state index is 0.577. The number of ether oxygens (including phenoxy) is 1. The molecule has 1 saturated heterocycles. The van der Waals surface area contributed by atoms with Crippen LogP contribution in [0.25, 0.3) is 0 Å². The molecular weight excluding hydrogens is 198 g/mol. The van der Waals surface area contributed by atoms with Crippen LogP contribution >= 0.6 is 0 Å². The standard InChI is InChI=1S/C14H25NO/c1-2-3-4-9-15-12-11-6-10-16-13(11)14(12)7-5-8-14/h11-13,15H,2-10H2,1H3. The maximum absolute atomic E-state index is 5.93. The van der Waals surface area contributed by atoms with E-state index in [4.69, 9.17) is 4.74 Å². The van der Waals surface area contributed by atoms with Gasteiger partial charge in [-0.2, -0.15) is 0 Å². The van der Waals surface area contributed by atoms with E-state index in [1.54, 1.807) is 0 Å². The Balaban J connectivity index is 1.53. The molecule has 3 fully saturated rings. The Morgan fingerprint density at radius 2 is 2.19 bits per heavy atom. The molecule has 0 bridgehead atoms. The first-order valence-electron chi connectivity index (χ1n) is 7.23. The second-order valence-electron chi connectivity index (χ2n) is 5.97. The summed E-state index contributed by atoms with van der Waals surface area (Å²) in [6.07, 6.45) is 10.2. The summed E-state index contributed by atoms with van der Waals surface area (Å²) in [6.45, 7) is 4.52. The fourth-order valence-electron chi connectivity index (χ4n) is 4.19. The van der Waals surface area contributed by atoms with Crippen LogP contribution in [0.5, 0.6) is 0 Å². The van der Waals surface area contributed by atoms with Crippen LogP contribution in [0.15, 0.2) is 0 Å². The molecule has 0 radical (unpaired) electrons. The summed E-state index contributed by atoms with van der Waals surface area (Å²) in [7, 11) is 0. The minimum Gasteiger partial charge on any atom is -0.377 e. The third kappa shape index (κ3) is 1.46. The maximum Gasteiger partial charge on any atom is 0.0690 e. The van der Waals surface area contributed by atoms with E-state index in [2.05, 4.69) is 12.2 Å². The van der Waals surface area contributed by atoms with Crippen LogP contribution < -0.4 is 5.32 Å². The van der Waals surface area contributed by atoms with Gasteiger partial charge in [-0.25, -0.2) is 0 Å². The van der Waals surface area contributed by atoms with Gasteiger partial charge in [-0.15, -0.1) is 0 Å². The smallest absolute Gasteiger partial charge is 0.0690 e. The molecule has 2 nitrogen and oxygen atoms in total. The van der Waals surface area contributed by atoms with E-state index < -0.39 is 0 Å². The Labute approximate surface area is 99.1 Å². The van der Waals surface area contributed by atoms with E-state index in [1.807, 2.05) is 0 Å². The zero-order valence-electron chi connectivity index (χ0n) is 10.5. The van der Waals surface area contributed by atoms with E-state index >= 15 is 0 Å². The van der Waals surface area contributed by atoms with Crippen molar-refractivity contribution in [3.63, 3.8) is 0 Å². The van der Waals surface area contributed by atoms with Gasteiger partial charge in [0.05, 0.1) is 6.10 Å². The molecule has 1 N–H and O–H groups in total. The van der Waals surface area contributed by atoms with Crippen molar-refractivity contribution in [2.75, 3.05) is 13.2 Å². The first-order chi connectivity index (χ1) is 7.88. The van der Waals surface area contributed by atoms with E-state index in [0.29, 0.717) is 11.5 Å². The second-order valence-corrected chi connectivity index (χ2v) is 5.97. The summed E-state index contributed by atoms with van der Waals surface area (Å²) >= 11 is 0. The minimum atomic E-state index is 0.577. The van der Waals surface area contributed by atoms with Gasteiger partial charge in [0.2, 0.25) is 0 Å². The first-order valence-corrected chi connectivity index (χ1v) is 7.23. The maximum atomic E-state index is 5.93. The van der Waals surface area contributed by atoms with Gasteiger partial charge in [-0.05, 0) is 32.2 Å². The number of unbranched alkanes of at least 4 members (excludes halogenated alkanes) is 2. The molecule has 2 saturated carbocycles. The van der Waals surface area contributed by atoms with Crippen LogP contribution in [0.1, 0.15) is 51.9 Å². The van der Waals surface area contributed by atoms with Crippen LogP contribution in [0.4, 0.5) is 0 Å². The molecule has 92 valence electrons. The Kier molecular flexibility index (Phi) is 2.97. The van der Waals surface area contributed by atoms with Crippen LogP contribution in [-0.2, 0) is 4.74 Å². The highest BCUT2D eigenvalue weighted by Crippen LogP contribution is 2.62. The SMILES string of the molecule is CCCCCNC1C2CCOC2C12CCC2. The molecular formula is C14H25NO. The van der Waals surface area contributed by atoms with Crippen molar-refractivity contribution in [3.8, 4) is 0 Å². The summed E-state index contributed by atoms with van der Waals surface area (Å²) in [5.41, 5.74) is 0.577. The zero-order valence-corrected chi connectivity index (χ0v) is 10.5. The second kappa shape index (κ2) is 4.30. The zero-order chi connectivity index (χ0) is 11.0. The van der Waals surface area contributed by atoms with E-state index in [-0.39, 0.29) is 0 Å². The molecule has 1 spiro atoms. The molecule has 3 aliphatic rings. The molecule has 3 atom stereocenters. The van der Waals surface area contributed by atoms with Gasteiger partial charge in [0.15, 0.2) is 0 Å². The normalized spacial score (nSPS) is 39.2. The predicted octanol–water partition coefficient (Wildman–Crippen LogP) is 2.72. The highest BCUT2D eigenvalue weighted by molar-refractivity contribution is 5.18. The van der Waals surface area contributed by atoms with Crippen molar-refractivity contribution in [3.05, 3.63) is 0 Å². The monoisotopic (exact) mass is 223 g/mol. The van der Waals surface area contributed by atoms with E-state index in [0.717, 1.165) is 18.6 Å². The Bertz CT molecular complexity index is 249. The lowest BCUT2D eigenvalue weighted by Crippen LogP contribution is -2.71. The van der Waals surface area contributed by atoms with Crippen LogP contribution in [0, 0.1) is 11.3 Å². The average Bonchev–Trinajstić information content (AvgIpc) is 2.61. The van der Waals surface area contributed by atoms with Gasteiger partial charge in [0, 0.05) is 24.0 Å². The lowest BCUT2D eigenvalue weighted by molar-refractivity contribution is -0.175. The Morgan fingerprint density at radius 3 is 2.88 bits per heavy atom.